The Hall–Kier alpha value is -4.97. The monoisotopic (exact) mass is 727 g/mol. The van der Waals surface area contributed by atoms with E-state index in [1.807, 2.05) is 67.3 Å². The Kier molecular flexibility index (Phi) is 11.4. The molecular formula is C42H44F3N3O5. The lowest BCUT2D eigenvalue weighted by Gasteiger charge is -2.20. The maximum absolute atomic E-state index is 14.4. The zero-order chi connectivity index (χ0) is 37.9. The van der Waals surface area contributed by atoms with Gasteiger partial charge in [0, 0.05) is 49.5 Å². The van der Waals surface area contributed by atoms with Gasteiger partial charge in [0.05, 0.1) is 24.7 Å². The van der Waals surface area contributed by atoms with Crippen LogP contribution in [0.4, 0.5) is 18.9 Å². The number of hydrogen-bond acceptors (Lipinski definition) is 6. The predicted octanol–water partition coefficient (Wildman–Crippen LogP) is 7.89. The normalized spacial score (nSPS) is 18.2. The summed E-state index contributed by atoms with van der Waals surface area (Å²) in [7, 11) is 1.41. The number of carboxylic acid groups (broad SMARTS) is 1. The summed E-state index contributed by atoms with van der Waals surface area (Å²) in [5.41, 5.74) is 5.94. The number of benzene rings is 4. The number of aliphatic carboxylic acids is 1. The van der Waals surface area contributed by atoms with Gasteiger partial charge in [0.15, 0.2) is 0 Å². The number of halogens is 3. The second kappa shape index (κ2) is 16.0. The van der Waals surface area contributed by atoms with E-state index >= 15 is 0 Å². The van der Waals surface area contributed by atoms with E-state index in [1.54, 1.807) is 18.2 Å². The zero-order valence-electron chi connectivity index (χ0n) is 30.0. The van der Waals surface area contributed by atoms with Crippen LogP contribution in [-0.2, 0) is 24.1 Å². The van der Waals surface area contributed by atoms with E-state index in [9.17, 15) is 33.0 Å². The second-order valence-electron chi connectivity index (χ2n) is 14.0. The van der Waals surface area contributed by atoms with Crippen molar-refractivity contribution >= 4 is 29.7 Å². The molecule has 53 heavy (non-hydrogen) atoms. The highest BCUT2D eigenvalue weighted by molar-refractivity contribution is 6.05. The van der Waals surface area contributed by atoms with Crippen LogP contribution in [0.3, 0.4) is 0 Å². The predicted molar refractivity (Wildman–Crippen MR) is 200 cm³/mol. The first-order valence-electron chi connectivity index (χ1n) is 17.7. The van der Waals surface area contributed by atoms with Crippen molar-refractivity contribution in [2.24, 2.45) is 5.92 Å². The smallest absolute Gasteiger partial charge is 0.417 e. The molecule has 11 heteroatoms. The molecule has 0 bridgehead atoms. The van der Waals surface area contributed by atoms with Gasteiger partial charge < -0.3 is 20.3 Å². The minimum absolute atomic E-state index is 0.0449. The van der Waals surface area contributed by atoms with E-state index < -0.39 is 23.6 Å². The van der Waals surface area contributed by atoms with Crippen molar-refractivity contribution in [2.45, 2.75) is 52.1 Å². The SMILES string of the molecule is COc1cc(/C=C/c2cccc(-c3cccc(NC(=O)c4ccc(CN5CC[C@@H](O)C5)cc4)c3C)c2C)c(C(F)(F)F)cc1CN1CC[C@@H](C(=O)O)C1. The highest BCUT2D eigenvalue weighted by Crippen LogP contribution is 2.39. The minimum atomic E-state index is -4.63. The Balaban J connectivity index is 1.21. The third kappa shape index (κ3) is 8.81. The van der Waals surface area contributed by atoms with Gasteiger partial charge in [-0.25, -0.2) is 0 Å². The molecule has 0 saturated carbocycles. The molecule has 0 unspecified atom stereocenters. The standard InChI is InChI=1S/C42H44F3N3O5/c1-26-29(14-15-31-21-39(53-3)33(20-37(31)42(43,44)45)24-48-18-16-32(23-48)41(51)52)6-4-7-35(26)36-8-5-9-38(27(36)2)46-40(50)30-12-10-28(11-13-30)22-47-19-17-34(49)25-47/h4-15,20-21,32,34,49H,16-19,22-25H2,1-3H3,(H,46,50)(H,51,52)/b15-14+/t32-,34-/m1/s1. The van der Waals surface area contributed by atoms with E-state index in [0.29, 0.717) is 48.6 Å². The topological polar surface area (TPSA) is 102 Å². The quantitative estimate of drug-likeness (QED) is 0.135. The van der Waals surface area contributed by atoms with Crippen molar-refractivity contribution in [1.82, 2.24) is 9.80 Å². The van der Waals surface area contributed by atoms with E-state index in [-0.39, 0.29) is 30.7 Å². The van der Waals surface area contributed by atoms with Gasteiger partial charge >= 0.3 is 12.1 Å². The Morgan fingerprint density at radius 1 is 0.868 bits per heavy atom. The number of β-amino-alcohol motifs (C(OH)–C–C–N with tert-alkyl or cyclic N) is 1. The minimum Gasteiger partial charge on any atom is -0.496 e. The van der Waals surface area contributed by atoms with Crippen molar-refractivity contribution in [2.75, 3.05) is 38.6 Å². The lowest BCUT2D eigenvalue weighted by Crippen LogP contribution is -2.23. The largest absolute Gasteiger partial charge is 0.496 e. The number of aliphatic hydroxyl groups excluding tert-OH is 1. The van der Waals surface area contributed by atoms with Gasteiger partial charge in [-0.3, -0.25) is 19.4 Å². The van der Waals surface area contributed by atoms with Crippen LogP contribution >= 0.6 is 0 Å². The molecule has 6 rings (SSSR count). The van der Waals surface area contributed by atoms with Gasteiger partial charge in [0.25, 0.3) is 5.91 Å². The summed E-state index contributed by atoms with van der Waals surface area (Å²) in [5.74, 6) is -1.39. The number of hydrogen-bond donors (Lipinski definition) is 3. The molecule has 1 amide bonds. The van der Waals surface area contributed by atoms with Crippen LogP contribution in [0.25, 0.3) is 23.3 Å². The van der Waals surface area contributed by atoms with E-state index in [2.05, 4.69) is 10.2 Å². The van der Waals surface area contributed by atoms with Gasteiger partial charge in [-0.1, -0.05) is 54.6 Å². The van der Waals surface area contributed by atoms with Gasteiger partial charge in [-0.05, 0) is 103 Å². The molecule has 4 aromatic carbocycles. The van der Waals surface area contributed by atoms with Crippen molar-refractivity contribution in [1.29, 1.82) is 0 Å². The number of ether oxygens (including phenoxy) is 1. The first-order valence-corrected chi connectivity index (χ1v) is 17.7. The van der Waals surface area contributed by atoms with Gasteiger partial charge in [0.1, 0.15) is 5.75 Å². The lowest BCUT2D eigenvalue weighted by atomic mass is 9.92. The summed E-state index contributed by atoms with van der Waals surface area (Å²) in [6, 6.07) is 21.3. The number of anilines is 1. The fourth-order valence-electron chi connectivity index (χ4n) is 7.29. The Morgan fingerprint density at radius 2 is 1.53 bits per heavy atom. The number of carbonyl (C=O) groups is 2. The van der Waals surface area contributed by atoms with Crippen LogP contribution in [0.15, 0.2) is 72.8 Å². The average Bonchev–Trinajstić information content (AvgIpc) is 3.77. The molecule has 0 radical (unpaired) electrons. The fraction of sp³-hybridized carbons (Fsp3) is 0.333. The summed E-state index contributed by atoms with van der Waals surface area (Å²) in [5, 5.41) is 22.2. The van der Waals surface area contributed by atoms with Crippen LogP contribution in [0.2, 0.25) is 0 Å². The second-order valence-corrected chi connectivity index (χ2v) is 14.0. The molecule has 4 aromatic rings. The number of likely N-dealkylation sites (tertiary alicyclic amines) is 2. The summed E-state index contributed by atoms with van der Waals surface area (Å²) in [4.78, 5) is 28.7. The van der Waals surface area contributed by atoms with Crippen molar-refractivity contribution in [3.8, 4) is 16.9 Å². The van der Waals surface area contributed by atoms with Crippen LogP contribution < -0.4 is 10.1 Å². The van der Waals surface area contributed by atoms with Crippen LogP contribution in [0.5, 0.6) is 5.75 Å². The summed E-state index contributed by atoms with van der Waals surface area (Å²) in [6.45, 7) is 6.95. The molecule has 2 aliphatic heterocycles. The van der Waals surface area contributed by atoms with E-state index in [0.717, 1.165) is 52.4 Å². The molecule has 0 spiro atoms. The molecule has 2 atom stereocenters. The number of nitrogens with zero attached hydrogens (tertiary/aromatic N) is 2. The van der Waals surface area contributed by atoms with Gasteiger partial charge in [-0.2, -0.15) is 13.2 Å². The van der Waals surface area contributed by atoms with E-state index in [1.165, 1.54) is 19.3 Å². The number of amides is 1. The summed E-state index contributed by atoms with van der Waals surface area (Å²) >= 11 is 0. The summed E-state index contributed by atoms with van der Waals surface area (Å²) < 4.78 is 48.8. The fourth-order valence-corrected chi connectivity index (χ4v) is 7.29. The molecule has 2 aliphatic rings. The molecule has 0 aliphatic carbocycles. The molecule has 0 aromatic heterocycles. The average molecular weight is 728 g/mol. The highest BCUT2D eigenvalue weighted by atomic mass is 19.4. The Labute approximate surface area is 307 Å². The molecule has 278 valence electrons. The summed E-state index contributed by atoms with van der Waals surface area (Å²) in [6.07, 6.45) is -0.590. The number of carbonyl (C=O) groups excluding carboxylic acids is 1. The molecule has 2 fully saturated rings. The third-order valence-electron chi connectivity index (χ3n) is 10.3. The van der Waals surface area contributed by atoms with Crippen LogP contribution in [-0.4, -0.2) is 71.3 Å². The number of alkyl halides is 3. The third-order valence-corrected chi connectivity index (χ3v) is 10.3. The number of methoxy groups -OCH3 is 1. The number of rotatable bonds is 11. The lowest BCUT2D eigenvalue weighted by molar-refractivity contribution is -0.141. The van der Waals surface area contributed by atoms with Crippen molar-refractivity contribution in [3.63, 3.8) is 0 Å². The van der Waals surface area contributed by atoms with E-state index in [4.69, 9.17) is 4.74 Å². The number of aliphatic hydroxyl groups is 1. The highest BCUT2D eigenvalue weighted by Gasteiger charge is 2.35. The van der Waals surface area contributed by atoms with Gasteiger partial charge in [-0.15, -0.1) is 0 Å². The van der Waals surface area contributed by atoms with Crippen LogP contribution in [0, 0.1) is 19.8 Å². The molecule has 8 nitrogen and oxygen atoms in total. The maximum atomic E-state index is 14.4. The molecular weight excluding hydrogens is 683 g/mol. The Morgan fingerprint density at radius 3 is 2.17 bits per heavy atom. The zero-order valence-corrected chi connectivity index (χ0v) is 30.0. The van der Waals surface area contributed by atoms with Crippen molar-refractivity contribution in [3.05, 3.63) is 117 Å². The molecule has 2 saturated heterocycles. The van der Waals surface area contributed by atoms with Crippen molar-refractivity contribution < 1.29 is 37.7 Å². The first-order chi connectivity index (χ1) is 25.3. The Bertz CT molecular complexity index is 2010. The first kappa shape index (κ1) is 37.8. The maximum Gasteiger partial charge on any atom is 0.417 e. The number of nitrogens with one attached hydrogen (secondary N) is 1. The van der Waals surface area contributed by atoms with Gasteiger partial charge in [0.2, 0.25) is 0 Å². The number of carboxylic acids is 1. The molecule has 3 N–H and O–H groups in total. The van der Waals surface area contributed by atoms with Crippen LogP contribution in [0.1, 0.15) is 62.1 Å². The molecule has 2 heterocycles.